The second kappa shape index (κ2) is 3.80. The van der Waals surface area contributed by atoms with Crippen LogP contribution in [0.25, 0.3) is 0 Å². The van der Waals surface area contributed by atoms with Gasteiger partial charge in [0.25, 0.3) is 5.91 Å². The molecule has 0 aromatic carbocycles. The number of hydrogen-bond donors (Lipinski definition) is 1. The summed E-state index contributed by atoms with van der Waals surface area (Å²) >= 11 is 0. The first kappa shape index (κ1) is 5.48. The van der Waals surface area contributed by atoms with Crippen LogP contribution in [0.4, 0.5) is 17.3 Å². The lowest BCUT2D eigenvalue weighted by atomic mass is 10.2. The molecule has 5 heteroatoms. The van der Waals surface area contributed by atoms with Gasteiger partial charge in [0, 0.05) is 23.5 Å². The monoisotopic (exact) mass is 247 g/mol. The molecule has 0 spiro atoms. The fourth-order valence-corrected chi connectivity index (χ4v) is 1.72. The second-order valence-electron chi connectivity index (χ2n) is 3.67. The Morgan fingerprint density at radius 3 is 3.22 bits per heavy atom. The van der Waals surface area contributed by atoms with E-state index in [0.29, 0.717) is 5.31 Å². The summed E-state index contributed by atoms with van der Waals surface area (Å²) < 4.78 is 54.4. The van der Waals surface area contributed by atoms with Gasteiger partial charge in [-0.3, -0.25) is 4.79 Å². The van der Waals surface area contributed by atoms with Crippen LogP contribution in [-0.4, -0.2) is 22.9 Å². The van der Waals surface area contributed by atoms with E-state index >= 15 is 0 Å². The molecule has 0 radical (unpaired) electrons. The highest BCUT2D eigenvalue weighted by Crippen LogP contribution is 2.35. The zero-order valence-electron chi connectivity index (χ0n) is 16.4. The third kappa shape index (κ3) is 1.44. The Morgan fingerprint density at radius 1 is 1.50 bits per heavy atom. The zero-order valence-corrected chi connectivity index (χ0v) is 9.35. The molecule has 3 rings (SSSR count). The minimum Gasteiger partial charge on any atom is -0.318 e. The molecular weight excluding hydrogens is 228 g/mol. The van der Waals surface area contributed by atoms with Gasteiger partial charge in [0.2, 0.25) is 0 Å². The highest BCUT2D eigenvalue weighted by atomic mass is 16.1. The van der Waals surface area contributed by atoms with E-state index in [9.17, 15) is 4.79 Å². The van der Waals surface area contributed by atoms with Crippen molar-refractivity contribution in [1.82, 2.24) is 9.97 Å². The smallest absolute Gasteiger partial charge is 0.259 e. The van der Waals surface area contributed by atoms with Gasteiger partial charge < -0.3 is 10.2 Å². The van der Waals surface area contributed by atoms with Crippen LogP contribution in [0.2, 0.25) is 1.41 Å². The van der Waals surface area contributed by atoms with Crippen molar-refractivity contribution in [1.29, 1.82) is 0 Å². The molecule has 0 bridgehead atoms. The van der Waals surface area contributed by atoms with Gasteiger partial charge in [-0.2, -0.15) is 0 Å². The standard InChI is InChI=1S/C13H12N4O/c1-8-5-7-15-12-10(8)16-13(18)9-4-3-6-14-11(9)17(12)2/h3-7H,1-2H3,(H,16,18)/i1D3,3D,4D,7D/hD. The fraction of sp³-hybridized carbons (Fsp3) is 0.154. The molecular formula is C13H12N4O. The zero-order chi connectivity index (χ0) is 18.7. The maximum atomic E-state index is 12.7. The summed E-state index contributed by atoms with van der Waals surface area (Å²) in [5.74, 6) is -1.13. The molecule has 1 aliphatic heterocycles. The highest BCUT2D eigenvalue weighted by molar-refractivity contribution is 6.11. The van der Waals surface area contributed by atoms with Crippen LogP contribution in [0, 0.1) is 6.85 Å². The lowest BCUT2D eigenvalue weighted by molar-refractivity contribution is 0.102. The van der Waals surface area contributed by atoms with E-state index in [1.807, 2.05) is 0 Å². The molecule has 1 aliphatic rings. The van der Waals surface area contributed by atoms with Crippen molar-refractivity contribution in [2.45, 2.75) is 6.85 Å². The van der Waals surface area contributed by atoms with Crippen molar-refractivity contribution < 1.29 is 14.4 Å². The van der Waals surface area contributed by atoms with E-state index in [-0.39, 0.29) is 40.7 Å². The lowest BCUT2D eigenvalue weighted by Crippen LogP contribution is -2.14. The molecule has 0 saturated heterocycles. The Balaban J connectivity index is 2.41. The first-order valence-corrected chi connectivity index (χ1v) is 5.09. The van der Waals surface area contributed by atoms with Gasteiger partial charge in [-0.1, -0.05) is 0 Å². The van der Waals surface area contributed by atoms with Crippen molar-refractivity contribution in [3.63, 3.8) is 0 Å². The molecule has 3 heterocycles. The molecule has 5 nitrogen and oxygen atoms in total. The number of hydrogen-bond acceptors (Lipinski definition) is 4. The summed E-state index contributed by atoms with van der Waals surface area (Å²) in [6.07, 6.45) is 0.739. The van der Waals surface area contributed by atoms with E-state index in [1.54, 1.807) is 0 Å². The Bertz CT molecular complexity index is 899. The fourth-order valence-electron chi connectivity index (χ4n) is 1.72. The van der Waals surface area contributed by atoms with E-state index in [4.69, 9.17) is 9.64 Å². The Kier molecular flexibility index (Phi) is 1.16. The maximum absolute atomic E-state index is 12.7. The van der Waals surface area contributed by atoms with Crippen molar-refractivity contribution in [3.8, 4) is 0 Å². The number of nitrogens with zero attached hydrogens (tertiary/aromatic N) is 3. The minimum absolute atomic E-state index is 0.0309. The maximum Gasteiger partial charge on any atom is 0.259 e. The van der Waals surface area contributed by atoms with Crippen LogP contribution < -0.4 is 10.2 Å². The van der Waals surface area contributed by atoms with Gasteiger partial charge in [-0.15, -0.1) is 0 Å². The highest BCUT2D eigenvalue weighted by Gasteiger charge is 2.25. The van der Waals surface area contributed by atoms with Crippen LogP contribution in [-0.2, 0) is 0 Å². The van der Waals surface area contributed by atoms with E-state index in [2.05, 4.69) is 9.97 Å². The van der Waals surface area contributed by atoms with Gasteiger partial charge in [0.05, 0.1) is 15.4 Å². The summed E-state index contributed by atoms with van der Waals surface area (Å²) in [4.78, 5) is 21.9. The number of aromatic nitrogens is 2. The average Bonchev–Trinajstić information content (AvgIpc) is 2.60. The molecule has 0 atom stereocenters. The first-order valence-electron chi connectivity index (χ1n) is 8.54. The number of aryl methyl sites for hydroxylation is 1. The van der Waals surface area contributed by atoms with Gasteiger partial charge in [-0.25, -0.2) is 9.97 Å². The topological polar surface area (TPSA) is 58.1 Å². The third-order valence-corrected chi connectivity index (χ3v) is 2.58. The Morgan fingerprint density at radius 2 is 2.39 bits per heavy atom. The number of amides is 1. The SMILES string of the molecule is [2H]c1cc(C([2H])([2H])[2H])c2c(n1)N(C)c1ncc([2H])c([2H])c1C(=O)N2[2H]. The second-order valence-corrected chi connectivity index (χ2v) is 3.67. The molecule has 0 saturated carbocycles. The van der Waals surface area contributed by atoms with Gasteiger partial charge in [0.15, 0.2) is 7.23 Å². The van der Waals surface area contributed by atoms with Crippen molar-refractivity contribution in [2.75, 3.05) is 17.3 Å². The molecule has 1 amide bonds. The predicted octanol–water partition coefficient (Wildman–Crippen LogP) is 2.12. The van der Waals surface area contributed by atoms with Gasteiger partial charge in [0.1, 0.15) is 5.82 Å². The van der Waals surface area contributed by atoms with Crippen molar-refractivity contribution in [3.05, 3.63) is 41.6 Å². The van der Waals surface area contributed by atoms with Crippen LogP contribution in [0.3, 0.4) is 0 Å². The van der Waals surface area contributed by atoms with Crippen LogP contribution in [0.15, 0.2) is 30.5 Å². The summed E-state index contributed by atoms with van der Waals surface area (Å²) in [7, 11) is 1.44. The summed E-state index contributed by atoms with van der Waals surface area (Å²) in [5.41, 5.74) is -0.971. The molecule has 90 valence electrons. The van der Waals surface area contributed by atoms with Crippen molar-refractivity contribution in [2.24, 2.45) is 0 Å². The quantitative estimate of drug-likeness (QED) is 0.774. The van der Waals surface area contributed by atoms with E-state index in [0.717, 1.165) is 12.3 Å². The van der Waals surface area contributed by atoms with Crippen LogP contribution in [0.5, 0.6) is 0 Å². The Labute approximate surface area is 114 Å². The minimum atomic E-state index is -2.68. The summed E-state index contributed by atoms with van der Waals surface area (Å²) in [5, 5.41) is 0.338. The number of nitrogens with one attached hydrogen (secondary N) is 1. The molecule has 0 fully saturated rings. The first-order chi connectivity index (χ1) is 11.5. The van der Waals surface area contributed by atoms with Crippen molar-refractivity contribution >= 4 is 23.2 Å². The van der Waals surface area contributed by atoms with E-state index in [1.165, 1.54) is 11.9 Å². The number of anilines is 3. The predicted molar refractivity (Wildman–Crippen MR) is 69.2 cm³/mol. The molecule has 2 aromatic rings. The third-order valence-electron chi connectivity index (χ3n) is 2.58. The molecule has 2 aromatic heterocycles. The number of fused-ring (bicyclic) bond motifs is 2. The summed E-state index contributed by atoms with van der Waals surface area (Å²) in [6.45, 7) is -2.68. The average molecular weight is 247 g/mol. The molecule has 18 heavy (non-hydrogen) atoms. The normalized spacial score (nSPS) is 20.3. The number of carbonyl (C=O) groups excluding carboxylic acids is 1. The van der Waals surface area contributed by atoms with Crippen LogP contribution in [0.1, 0.15) is 24.1 Å². The molecule has 1 N–H and O–H groups in total. The van der Waals surface area contributed by atoms with Gasteiger partial charge in [-0.05, 0) is 30.6 Å². The Hall–Kier alpha value is -2.43. The number of pyridine rings is 2. The number of rotatable bonds is 0. The molecule has 0 unspecified atom stereocenters. The molecule has 0 aliphatic carbocycles. The lowest BCUT2D eigenvalue weighted by Gasteiger charge is -2.18. The number of carbonyl (C=O) groups is 1. The van der Waals surface area contributed by atoms with Crippen LogP contribution >= 0.6 is 0 Å². The van der Waals surface area contributed by atoms with E-state index < -0.39 is 18.8 Å². The summed E-state index contributed by atoms with van der Waals surface area (Å²) in [6, 6.07) is 0.258. The largest absolute Gasteiger partial charge is 0.318 e. The van der Waals surface area contributed by atoms with Gasteiger partial charge >= 0.3 is 0 Å².